The summed E-state index contributed by atoms with van der Waals surface area (Å²) in [6, 6.07) is 25.3. The van der Waals surface area contributed by atoms with Gasteiger partial charge in [0.25, 0.3) is 5.91 Å². The molecular weight excluding hydrogens is 507 g/mol. The van der Waals surface area contributed by atoms with Crippen molar-refractivity contribution in [1.29, 1.82) is 0 Å². The summed E-state index contributed by atoms with van der Waals surface area (Å²) in [6.07, 6.45) is 3.40. The number of morpholine rings is 1. The third-order valence-corrected chi connectivity index (χ3v) is 6.83. The van der Waals surface area contributed by atoms with E-state index in [-0.39, 0.29) is 18.9 Å². The topological polar surface area (TPSA) is 74.8 Å². The molecule has 8 heteroatoms. The highest BCUT2D eigenvalue weighted by Crippen LogP contribution is 2.28. The first kappa shape index (κ1) is 27.0. The Morgan fingerprint density at radius 3 is 2.38 bits per heavy atom. The lowest BCUT2D eigenvalue weighted by molar-refractivity contribution is -0.139. The number of nitrogens with one attached hydrogen (secondary N) is 1. The molecule has 204 valence electrons. The highest BCUT2D eigenvalue weighted by molar-refractivity contribution is 5.98. The number of ether oxygens (including phenoxy) is 1. The molecule has 1 fully saturated rings. The number of amides is 2. The van der Waals surface area contributed by atoms with Gasteiger partial charge in [0.2, 0.25) is 5.91 Å². The Morgan fingerprint density at radius 1 is 0.925 bits per heavy atom. The summed E-state index contributed by atoms with van der Waals surface area (Å²) < 4.78 is 19.9. The van der Waals surface area contributed by atoms with Crippen molar-refractivity contribution in [3.8, 4) is 0 Å². The van der Waals surface area contributed by atoms with Gasteiger partial charge in [0.15, 0.2) is 0 Å². The van der Waals surface area contributed by atoms with Crippen LogP contribution >= 0.6 is 0 Å². The van der Waals surface area contributed by atoms with Crippen molar-refractivity contribution in [3.05, 3.63) is 126 Å². The van der Waals surface area contributed by atoms with Gasteiger partial charge < -0.3 is 19.9 Å². The second-order valence-corrected chi connectivity index (χ2v) is 9.64. The highest BCUT2D eigenvalue weighted by Gasteiger charge is 2.32. The normalized spacial score (nSPS) is 13.9. The van der Waals surface area contributed by atoms with Gasteiger partial charge in [-0.3, -0.25) is 14.6 Å². The average molecular weight is 539 g/mol. The van der Waals surface area contributed by atoms with E-state index < -0.39 is 17.8 Å². The van der Waals surface area contributed by atoms with Gasteiger partial charge in [-0.15, -0.1) is 0 Å². The fourth-order valence-electron chi connectivity index (χ4n) is 4.82. The molecule has 1 saturated heterocycles. The van der Waals surface area contributed by atoms with Gasteiger partial charge in [-0.2, -0.15) is 0 Å². The fraction of sp³-hybridized carbons (Fsp3) is 0.219. The number of pyridine rings is 1. The van der Waals surface area contributed by atoms with Crippen molar-refractivity contribution >= 4 is 23.2 Å². The van der Waals surface area contributed by atoms with Crippen molar-refractivity contribution in [2.24, 2.45) is 0 Å². The monoisotopic (exact) mass is 538 g/mol. The Morgan fingerprint density at radius 2 is 1.68 bits per heavy atom. The first-order chi connectivity index (χ1) is 19.6. The Bertz CT molecular complexity index is 1410. The first-order valence-corrected chi connectivity index (χ1v) is 13.3. The summed E-state index contributed by atoms with van der Waals surface area (Å²) in [7, 11) is 0. The van der Waals surface area contributed by atoms with Crippen LogP contribution in [0.25, 0.3) is 0 Å². The van der Waals surface area contributed by atoms with E-state index >= 15 is 0 Å². The number of carbonyl (C=O) groups is 2. The standard InChI is InChI=1S/C32H31FN4O3/c33-27-10-4-9-26(21-27)31(32(39)35-28-11-13-29(14-12-28)36-16-18-40-19-17-36)37(23-25-8-5-15-34-22-25)30(38)20-24-6-2-1-3-7-24/h1-15,21-22,31H,16-20,23H2,(H,35,39)/t31-/m0/s1. The molecule has 1 aliphatic heterocycles. The molecule has 2 amide bonds. The number of aromatic nitrogens is 1. The zero-order valence-corrected chi connectivity index (χ0v) is 22.1. The first-order valence-electron chi connectivity index (χ1n) is 13.3. The van der Waals surface area contributed by atoms with E-state index in [1.54, 1.807) is 30.6 Å². The summed E-state index contributed by atoms with van der Waals surface area (Å²) in [5.41, 5.74) is 3.58. The molecule has 4 aromatic rings. The van der Waals surface area contributed by atoms with Crippen molar-refractivity contribution in [3.63, 3.8) is 0 Å². The quantitative estimate of drug-likeness (QED) is 0.324. The van der Waals surface area contributed by atoms with E-state index in [2.05, 4.69) is 15.2 Å². The SMILES string of the molecule is O=C(Nc1ccc(N2CCOCC2)cc1)[C@H](c1cccc(F)c1)N(Cc1cccnc1)C(=O)Cc1ccccc1. The predicted octanol–water partition coefficient (Wildman–Crippen LogP) is 5.01. The number of rotatable bonds is 9. The van der Waals surface area contributed by atoms with Gasteiger partial charge in [-0.25, -0.2) is 4.39 Å². The predicted molar refractivity (Wildman–Crippen MR) is 152 cm³/mol. The molecule has 5 rings (SSSR count). The van der Waals surface area contributed by atoms with Crippen LogP contribution in [0.1, 0.15) is 22.7 Å². The van der Waals surface area contributed by atoms with Crippen LogP contribution in [0.4, 0.5) is 15.8 Å². The van der Waals surface area contributed by atoms with Gasteiger partial charge in [0, 0.05) is 43.4 Å². The molecule has 40 heavy (non-hydrogen) atoms. The Labute approximate surface area is 233 Å². The molecular formula is C32H31FN4O3. The zero-order chi connectivity index (χ0) is 27.7. The van der Waals surface area contributed by atoms with Crippen molar-refractivity contribution in [2.45, 2.75) is 19.0 Å². The minimum absolute atomic E-state index is 0.0917. The summed E-state index contributed by atoms with van der Waals surface area (Å²) in [6.45, 7) is 3.10. The summed E-state index contributed by atoms with van der Waals surface area (Å²) >= 11 is 0. The Kier molecular flexibility index (Phi) is 8.78. The number of hydrogen-bond donors (Lipinski definition) is 1. The molecule has 1 aromatic heterocycles. The average Bonchev–Trinajstić information content (AvgIpc) is 2.99. The van der Waals surface area contributed by atoms with Crippen LogP contribution in [0.3, 0.4) is 0 Å². The lowest BCUT2D eigenvalue weighted by atomic mass is 10.0. The highest BCUT2D eigenvalue weighted by atomic mass is 19.1. The maximum Gasteiger partial charge on any atom is 0.251 e. The molecule has 1 aliphatic rings. The second kappa shape index (κ2) is 13.0. The van der Waals surface area contributed by atoms with E-state index in [0.29, 0.717) is 24.5 Å². The molecule has 1 atom stereocenters. The van der Waals surface area contributed by atoms with E-state index in [1.165, 1.54) is 17.0 Å². The van der Waals surface area contributed by atoms with E-state index in [9.17, 15) is 14.0 Å². The van der Waals surface area contributed by atoms with Crippen molar-refractivity contribution in [2.75, 3.05) is 36.5 Å². The zero-order valence-electron chi connectivity index (χ0n) is 22.1. The molecule has 0 radical (unpaired) electrons. The van der Waals surface area contributed by atoms with E-state index in [1.807, 2.05) is 60.7 Å². The smallest absolute Gasteiger partial charge is 0.251 e. The summed E-state index contributed by atoms with van der Waals surface area (Å²) in [4.78, 5) is 35.6. The number of carbonyl (C=O) groups excluding carboxylic acids is 2. The molecule has 2 heterocycles. The van der Waals surface area contributed by atoms with Crippen LogP contribution < -0.4 is 10.2 Å². The summed E-state index contributed by atoms with van der Waals surface area (Å²) in [5.74, 6) is -1.18. The Balaban J connectivity index is 1.45. The van der Waals surface area contributed by atoms with Crippen LogP contribution in [0, 0.1) is 5.82 Å². The Hall–Kier alpha value is -4.56. The van der Waals surface area contributed by atoms with Gasteiger partial charge in [0.1, 0.15) is 11.9 Å². The number of hydrogen-bond acceptors (Lipinski definition) is 5. The summed E-state index contributed by atoms with van der Waals surface area (Å²) in [5, 5.41) is 2.96. The number of halogens is 1. The second-order valence-electron chi connectivity index (χ2n) is 9.64. The van der Waals surface area contributed by atoms with E-state index in [4.69, 9.17) is 4.74 Å². The van der Waals surface area contributed by atoms with E-state index in [0.717, 1.165) is 29.9 Å². The fourth-order valence-corrected chi connectivity index (χ4v) is 4.82. The minimum atomic E-state index is -1.08. The number of anilines is 2. The maximum atomic E-state index is 14.4. The van der Waals surface area contributed by atoms with Crippen molar-refractivity contribution in [1.82, 2.24) is 9.88 Å². The third kappa shape index (κ3) is 6.90. The molecule has 0 aliphatic carbocycles. The molecule has 0 unspecified atom stereocenters. The molecule has 7 nitrogen and oxygen atoms in total. The molecule has 3 aromatic carbocycles. The maximum absolute atomic E-state index is 14.4. The van der Waals surface area contributed by atoms with Crippen LogP contribution in [-0.4, -0.2) is 48.0 Å². The van der Waals surface area contributed by atoms with Gasteiger partial charge in [-0.1, -0.05) is 48.5 Å². The molecule has 0 saturated carbocycles. The molecule has 0 spiro atoms. The van der Waals surface area contributed by atoms with Crippen LogP contribution in [0.5, 0.6) is 0 Å². The molecule has 0 bridgehead atoms. The van der Waals surface area contributed by atoms with Gasteiger partial charge >= 0.3 is 0 Å². The van der Waals surface area contributed by atoms with Crippen LogP contribution in [0.15, 0.2) is 103 Å². The lowest BCUT2D eigenvalue weighted by Gasteiger charge is -2.32. The van der Waals surface area contributed by atoms with Crippen molar-refractivity contribution < 1.29 is 18.7 Å². The third-order valence-electron chi connectivity index (χ3n) is 6.83. The largest absolute Gasteiger partial charge is 0.378 e. The van der Waals surface area contributed by atoms with Crippen LogP contribution in [-0.2, 0) is 27.3 Å². The van der Waals surface area contributed by atoms with Gasteiger partial charge in [0.05, 0.1) is 19.6 Å². The van der Waals surface area contributed by atoms with Crippen LogP contribution in [0.2, 0.25) is 0 Å². The number of nitrogens with zero attached hydrogens (tertiary/aromatic N) is 3. The minimum Gasteiger partial charge on any atom is -0.378 e. The molecule has 1 N–H and O–H groups in total. The van der Waals surface area contributed by atoms with Gasteiger partial charge in [-0.05, 0) is 59.2 Å². The number of benzene rings is 3. The lowest BCUT2D eigenvalue weighted by Crippen LogP contribution is -2.41.